The van der Waals surface area contributed by atoms with Gasteiger partial charge in [0.2, 0.25) is 0 Å². The van der Waals surface area contributed by atoms with E-state index in [1.165, 1.54) is 17.1 Å². The number of anilines is 2. The average molecular weight is 463 g/mol. The van der Waals surface area contributed by atoms with Gasteiger partial charge in [-0.05, 0) is 60.9 Å². The van der Waals surface area contributed by atoms with Crippen molar-refractivity contribution in [2.45, 2.75) is 13.8 Å². The number of para-hydroxylation sites is 1. The molecule has 0 radical (unpaired) electrons. The van der Waals surface area contributed by atoms with Crippen molar-refractivity contribution in [2.75, 3.05) is 10.4 Å². The number of aryl methyl sites for hydroxylation is 2. The van der Waals surface area contributed by atoms with Crippen molar-refractivity contribution in [3.8, 4) is 16.9 Å². The summed E-state index contributed by atoms with van der Waals surface area (Å²) in [6.45, 7) is 3.90. The Morgan fingerprint density at radius 1 is 1.06 bits per heavy atom. The van der Waals surface area contributed by atoms with Crippen LogP contribution in [0.15, 0.2) is 70.9 Å². The van der Waals surface area contributed by atoms with E-state index in [1.54, 1.807) is 36.4 Å². The van der Waals surface area contributed by atoms with Gasteiger partial charge in [-0.15, -0.1) is 5.10 Å². The zero-order valence-corrected chi connectivity index (χ0v) is 18.5. The highest BCUT2D eigenvalue weighted by Crippen LogP contribution is 2.36. The first-order chi connectivity index (χ1) is 15.8. The Labute approximate surface area is 194 Å². The van der Waals surface area contributed by atoms with Crippen molar-refractivity contribution in [3.05, 3.63) is 77.4 Å². The molecule has 3 aromatic carbocycles. The van der Waals surface area contributed by atoms with Crippen LogP contribution in [0.1, 0.15) is 21.5 Å². The summed E-state index contributed by atoms with van der Waals surface area (Å²) >= 11 is 6.17. The Bertz CT molecular complexity index is 1350. The highest BCUT2D eigenvalue weighted by atomic mass is 35.5. The third-order valence-corrected chi connectivity index (χ3v) is 5.51. The second-order valence-electron chi connectivity index (χ2n) is 7.44. The lowest BCUT2D eigenvalue weighted by atomic mass is 10.0. The Hall–Kier alpha value is -4.17. The molecule has 3 aromatic rings. The molecular formula is C24H19ClN4O4. The molecule has 0 saturated heterocycles. The summed E-state index contributed by atoms with van der Waals surface area (Å²) in [6, 6.07) is 16.6. The monoisotopic (exact) mass is 462 g/mol. The lowest BCUT2D eigenvalue weighted by molar-refractivity contribution is -0.112. The van der Waals surface area contributed by atoms with Crippen LogP contribution in [0.3, 0.4) is 0 Å². The molecule has 9 heteroatoms. The number of phenols is 1. The Morgan fingerprint density at radius 2 is 1.82 bits per heavy atom. The number of rotatable bonds is 5. The molecule has 0 saturated carbocycles. The van der Waals surface area contributed by atoms with E-state index >= 15 is 0 Å². The number of carbonyl (C=O) groups is 2. The fraction of sp³-hybridized carbons (Fsp3) is 0.0833. The Balaban J connectivity index is 1.61. The van der Waals surface area contributed by atoms with E-state index in [0.717, 1.165) is 11.1 Å². The fourth-order valence-corrected chi connectivity index (χ4v) is 3.50. The molecule has 1 heterocycles. The molecule has 0 fully saturated rings. The minimum absolute atomic E-state index is 0.0875. The Kier molecular flexibility index (Phi) is 5.85. The maximum atomic E-state index is 12.8. The minimum Gasteiger partial charge on any atom is -0.505 e. The van der Waals surface area contributed by atoms with E-state index in [1.807, 2.05) is 26.0 Å². The van der Waals surface area contributed by atoms with Gasteiger partial charge in [0.05, 0.1) is 16.9 Å². The number of aromatic hydroxyl groups is 1. The lowest BCUT2D eigenvalue weighted by Crippen LogP contribution is -2.27. The summed E-state index contributed by atoms with van der Waals surface area (Å²) < 4.78 is 0. The first-order valence-corrected chi connectivity index (χ1v) is 10.3. The van der Waals surface area contributed by atoms with Crippen LogP contribution in [-0.4, -0.2) is 33.0 Å². The van der Waals surface area contributed by atoms with Crippen LogP contribution in [0.2, 0.25) is 0 Å². The molecule has 1 amide bonds. The van der Waals surface area contributed by atoms with Gasteiger partial charge in [0, 0.05) is 5.56 Å². The van der Waals surface area contributed by atoms with E-state index in [2.05, 4.69) is 15.6 Å². The van der Waals surface area contributed by atoms with Gasteiger partial charge in [-0.25, -0.2) is 4.79 Å². The van der Waals surface area contributed by atoms with Crippen LogP contribution in [0, 0.1) is 13.8 Å². The molecule has 33 heavy (non-hydrogen) atoms. The van der Waals surface area contributed by atoms with Gasteiger partial charge < -0.3 is 10.2 Å². The van der Waals surface area contributed by atoms with E-state index in [4.69, 9.17) is 11.6 Å². The summed E-state index contributed by atoms with van der Waals surface area (Å²) in [4.78, 5) is 24.1. The number of nitrogens with zero attached hydrogens (tertiary/aromatic N) is 3. The van der Waals surface area contributed by atoms with Crippen molar-refractivity contribution in [1.29, 1.82) is 0 Å². The minimum atomic E-state index is -1.07. The van der Waals surface area contributed by atoms with E-state index < -0.39 is 11.9 Å². The summed E-state index contributed by atoms with van der Waals surface area (Å²) in [7, 11) is 0. The second-order valence-corrected chi connectivity index (χ2v) is 7.79. The van der Waals surface area contributed by atoms with Gasteiger partial charge >= 0.3 is 11.9 Å². The Morgan fingerprint density at radius 3 is 2.55 bits per heavy atom. The smallest absolute Gasteiger partial charge is 0.335 e. The molecule has 1 aliphatic heterocycles. The van der Waals surface area contributed by atoms with Crippen LogP contribution in [0.4, 0.5) is 11.4 Å². The zero-order chi connectivity index (χ0) is 23.7. The number of carboxylic acid groups (broad SMARTS) is 1. The number of phenolic OH excluding ortho intramolecular Hbond substituents is 1. The van der Waals surface area contributed by atoms with Crippen molar-refractivity contribution in [1.82, 2.24) is 0 Å². The molecule has 4 rings (SSSR count). The van der Waals surface area contributed by atoms with Crippen molar-refractivity contribution >= 4 is 45.7 Å². The average Bonchev–Trinajstić information content (AvgIpc) is 3.08. The fourth-order valence-electron chi connectivity index (χ4n) is 3.30. The lowest BCUT2D eigenvalue weighted by Gasteiger charge is -2.13. The predicted octanol–water partition coefficient (Wildman–Crippen LogP) is 4.74. The van der Waals surface area contributed by atoms with Gasteiger partial charge in [0.25, 0.3) is 0 Å². The number of hydrogen-bond acceptors (Lipinski definition) is 6. The topological polar surface area (TPSA) is 115 Å². The zero-order valence-electron chi connectivity index (χ0n) is 17.7. The molecule has 0 atom stereocenters. The largest absolute Gasteiger partial charge is 0.505 e. The summed E-state index contributed by atoms with van der Waals surface area (Å²) in [6.07, 6.45) is 0. The standard InChI is InChI=1S/C24H19ClN4O4/c1-13-9-10-17(11-14(13)2)29-23(31)20(22(25)28-29)27-26-19-8-4-7-18(21(19)30)15-5-3-6-16(12-15)24(32)33/h3-12,26,30H,1-2H3,(H,32,33)/b27-20-. The predicted molar refractivity (Wildman–Crippen MR) is 128 cm³/mol. The number of carboxylic acids is 1. The number of carbonyl (C=O) groups excluding carboxylic acids is 1. The first-order valence-electron chi connectivity index (χ1n) is 9.92. The van der Waals surface area contributed by atoms with Crippen molar-refractivity contribution in [3.63, 3.8) is 0 Å². The molecule has 0 spiro atoms. The van der Waals surface area contributed by atoms with Crippen LogP contribution in [0.5, 0.6) is 5.75 Å². The summed E-state index contributed by atoms with van der Waals surface area (Å²) in [5.41, 5.74) is 6.43. The van der Waals surface area contributed by atoms with Gasteiger partial charge in [-0.3, -0.25) is 10.2 Å². The van der Waals surface area contributed by atoms with E-state index in [9.17, 15) is 19.8 Å². The van der Waals surface area contributed by atoms with Crippen molar-refractivity contribution in [2.24, 2.45) is 10.2 Å². The van der Waals surface area contributed by atoms with Gasteiger partial charge in [0.15, 0.2) is 10.9 Å². The third kappa shape index (κ3) is 4.28. The number of amides is 1. The van der Waals surface area contributed by atoms with Gasteiger partial charge in [-0.2, -0.15) is 10.1 Å². The van der Waals surface area contributed by atoms with Crippen LogP contribution in [-0.2, 0) is 4.79 Å². The quantitative estimate of drug-likeness (QED) is 0.374. The number of halogens is 1. The second kappa shape index (κ2) is 8.76. The van der Waals surface area contributed by atoms with E-state index in [0.29, 0.717) is 16.8 Å². The normalized spacial score (nSPS) is 14.5. The highest BCUT2D eigenvalue weighted by molar-refractivity contribution is 6.94. The number of hydrazone groups is 2. The maximum absolute atomic E-state index is 12.8. The number of hydrogen-bond donors (Lipinski definition) is 3. The molecule has 0 bridgehead atoms. The molecule has 1 aliphatic rings. The van der Waals surface area contributed by atoms with Gasteiger partial charge in [0.1, 0.15) is 5.75 Å². The molecule has 166 valence electrons. The molecule has 8 nitrogen and oxygen atoms in total. The highest BCUT2D eigenvalue weighted by Gasteiger charge is 2.32. The molecule has 0 aliphatic carbocycles. The first kappa shape index (κ1) is 22.0. The SMILES string of the molecule is Cc1ccc(N2N=C(Cl)/C(=N/Nc3cccc(-c4cccc(C(=O)O)c4)c3O)C2=O)cc1C. The van der Waals surface area contributed by atoms with E-state index in [-0.39, 0.29) is 27.9 Å². The number of aromatic carboxylic acids is 1. The van der Waals surface area contributed by atoms with Gasteiger partial charge in [-0.1, -0.05) is 41.9 Å². The molecular weight excluding hydrogens is 444 g/mol. The van der Waals surface area contributed by atoms with Crippen molar-refractivity contribution < 1.29 is 19.8 Å². The van der Waals surface area contributed by atoms with Crippen LogP contribution in [0.25, 0.3) is 11.1 Å². The number of benzene rings is 3. The van der Waals surface area contributed by atoms with Crippen LogP contribution >= 0.6 is 11.6 Å². The molecule has 3 N–H and O–H groups in total. The molecule has 0 unspecified atom stereocenters. The number of nitrogens with one attached hydrogen (secondary N) is 1. The summed E-state index contributed by atoms with van der Waals surface area (Å²) in [5.74, 6) is -1.74. The maximum Gasteiger partial charge on any atom is 0.335 e. The third-order valence-electron chi connectivity index (χ3n) is 5.26. The summed E-state index contributed by atoms with van der Waals surface area (Å²) in [5, 5.41) is 29.2. The molecule has 0 aromatic heterocycles. The van der Waals surface area contributed by atoms with Crippen LogP contribution < -0.4 is 10.4 Å².